The first-order valence-electron chi connectivity index (χ1n) is 10.4. The van der Waals surface area contributed by atoms with E-state index in [1.807, 2.05) is 53.8 Å². The Morgan fingerprint density at radius 1 is 1.00 bits per heavy atom. The Hall–Kier alpha value is -3.41. The van der Waals surface area contributed by atoms with Crippen LogP contribution in [0, 0.1) is 6.92 Å². The zero-order chi connectivity index (χ0) is 24.0. The number of fused-ring (bicyclic) bond motifs is 3. The Kier molecular flexibility index (Phi) is 5.54. The first-order chi connectivity index (χ1) is 16.3. The predicted octanol–water partition coefficient (Wildman–Crippen LogP) is 3.48. The molecule has 0 aliphatic carbocycles. The van der Waals surface area contributed by atoms with Crippen LogP contribution in [0.2, 0.25) is 0 Å². The highest BCUT2D eigenvalue weighted by molar-refractivity contribution is 7.98. The van der Waals surface area contributed by atoms with E-state index in [1.165, 1.54) is 31.9 Å². The highest BCUT2D eigenvalue weighted by Crippen LogP contribution is 2.28. The Bertz CT molecular complexity index is 1700. The summed E-state index contributed by atoms with van der Waals surface area (Å²) in [4.78, 5) is 13.4. The van der Waals surface area contributed by atoms with Crippen LogP contribution in [0.1, 0.15) is 11.3 Å². The van der Waals surface area contributed by atoms with Gasteiger partial charge in [0.2, 0.25) is 10.9 Å². The van der Waals surface area contributed by atoms with Crippen molar-refractivity contribution in [3.8, 4) is 5.69 Å². The van der Waals surface area contributed by atoms with Crippen LogP contribution in [0.25, 0.3) is 22.4 Å². The Labute approximate surface area is 199 Å². The molecule has 0 saturated carbocycles. The highest BCUT2D eigenvalue weighted by atomic mass is 32.2. The molecule has 0 N–H and O–H groups in total. The average Bonchev–Trinajstić information content (AvgIpc) is 3.47. The average molecular weight is 496 g/mol. The van der Waals surface area contributed by atoms with Crippen molar-refractivity contribution in [3.63, 3.8) is 0 Å². The van der Waals surface area contributed by atoms with Crippen LogP contribution < -0.4 is 5.56 Å². The van der Waals surface area contributed by atoms with Crippen molar-refractivity contribution < 1.29 is 12.8 Å². The van der Waals surface area contributed by atoms with Gasteiger partial charge in [-0.25, -0.2) is 17.3 Å². The number of para-hydroxylation sites is 2. The SMILES string of the molecule is Cc1ccccc1-n1c(=O)c2ccccc2n2c(SCc3ccc(S(=O)(=O)N(C)C)o3)nnc12. The van der Waals surface area contributed by atoms with Crippen LogP contribution in [-0.4, -0.2) is 46.0 Å². The quantitative estimate of drug-likeness (QED) is 0.332. The molecule has 0 saturated heterocycles. The summed E-state index contributed by atoms with van der Waals surface area (Å²) in [7, 11) is -0.746. The van der Waals surface area contributed by atoms with Crippen LogP contribution in [0.5, 0.6) is 0 Å². The molecular formula is C23H21N5O4S2. The van der Waals surface area contributed by atoms with Gasteiger partial charge in [0.15, 0.2) is 5.16 Å². The van der Waals surface area contributed by atoms with Gasteiger partial charge in [-0.05, 0) is 42.8 Å². The Balaban J connectivity index is 1.61. The van der Waals surface area contributed by atoms with Gasteiger partial charge >= 0.3 is 0 Å². The number of nitrogens with zero attached hydrogens (tertiary/aromatic N) is 5. The molecule has 0 unspecified atom stereocenters. The summed E-state index contributed by atoms with van der Waals surface area (Å²) in [6, 6.07) is 18.0. The van der Waals surface area contributed by atoms with Gasteiger partial charge in [0.25, 0.3) is 15.6 Å². The fourth-order valence-corrected chi connectivity index (χ4v) is 5.34. The molecule has 11 heteroatoms. The van der Waals surface area contributed by atoms with E-state index in [2.05, 4.69) is 10.2 Å². The number of aryl methyl sites for hydroxylation is 1. The van der Waals surface area contributed by atoms with Gasteiger partial charge in [0.05, 0.1) is 22.3 Å². The number of hydrogen-bond donors (Lipinski definition) is 0. The molecule has 3 aromatic heterocycles. The van der Waals surface area contributed by atoms with E-state index in [1.54, 1.807) is 16.7 Å². The van der Waals surface area contributed by atoms with Gasteiger partial charge in [0, 0.05) is 14.1 Å². The van der Waals surface area contributed by atoms with E-state index in [4.69, 9.17) is 4.42 Å². The minimum absolute atomic E-state index is 0.113. The summed E-state index contributed by atoms with van der Waals surface area (Å²) >= 11 is 1.34. The van der Waals surface area contributed by atoms with Crippen LogP contribution in [0.15, 0.2) is 80.1 Å². The van der Waals surface area contributed by atoms with E-state index in [0.717, 1.165) is 15.6 Å². The number of rotatable bonds is 6. The van der Waals surface area contributed by atoms with Gasteiger partial charge in [-0.2, -0.15) is 0 Å². The predicted molar refractivity (Wildman–Crippen MR) is 130 cm³/mol. The molecule has 0 bridgehead atoms. The zero-order valence-corrected chi connectivity index (χ0v) is 20.3. The number of hydrogen-bond acceptors (Lipinski definition) is 7. The molecule has 0 spiro atoms. The van der Waals surface area contributed by atoms with Crippen molar-refractivity contribution in [2.75, 3.05) is 14.1 Å². The lowest BCUT2D eigenvalue weighted by Crippen LogP contribution is -2.22. The fourth-order valence-electron chi connectivity index (χ4n) is 3.69. The summed E-state index contributed by atoms with van der Waals surface area (Å²) in [5.41, 5.74) is 2.18. The monoisotopic (exact) mass is 495 g/mol. The molecule has 0 radical (unpaired) electrons. The van der Waals surface area contributed by atoms with E-state index in [-0.39, 0.29) is 10.7 Å². The summed E-state index contributed by atoms with van der Waals surface area (Å²) < 4.78 is 34.7. The third-order valence-corrected chi connectivity index (χ3v) is 8.11. The lowest BCUT2D eigenvalue weighted by Gasteiger charge is -2.13. The second kappa shape index (κ2) is 8.42. The zero-order valence-electron chi connectivity index (χ0n) is 18.7. The van der Waals surface area contributed by atoms with Crippen molar-refractivity contribution in [2.45, 2.75) is 22.9 Å². The van der Waals surface area contributed by atoms with E-state index in [9.17, 15) is 13.2 Å². The maximum atomic E-state index is 13.4. The van der Waals surface area contributed by atoms with Crippen LogP contribution in [0.3, 0.4) is 0 Å². The van der Waals surface area contributed by atoms with Crippen molar-refractivity contribution in [2.24, 2.45) is 0 Å². The Morgan fingerprint density at radius 3 is 2.50 bits per heavy atom. The van der Waals surface area contributed by atoms with Crippen molar-refractivity contribution in [3.05, 3.63) is 82.3 Å². The molecule has 0 fully saturated rings. The van der Waals surface area contributed by atoms with Gasteiger partial charge in [-0.15, -0.1) is 10.2 Å². The molecule has 0 atom stereocenters. The molecule has 5 rings (SSSR count). The third-order valence-electron chi connectivity index (χ3n) is 5.47. The van der Waals surface area contributed by atoms with Crippen LogP contribution in [-0.2, 0) is 15.8 Å². The van der Waals surface area contributed by atoms with E-state index >= 15 is 0 Å². The number of benzene rings is 2. The number of sulfonamides is 1. The van der Waals surface area contributed by atoms with Crippen molar-refractivity contribution >= 4 is 38.5 Å². The summed E-state index contributed by atoms with van der Waals surface area (Å²) in [6.07, 6.45) is 0. The van der Waals surface area contributed by atoms with Gasteiger partial charge < -0.3 is 4.42 Å². The maximum Gasteiger partial charge on any atom is 0.275 e. The van der Waals surface area contributed by atoms with Gasteiger partial charge in [-0.3, -0.25) is 9.20 Å². The molecular weight excluding hydrogens is 474 g/mol. The second-order valence-electron chi connectivity index (χ2n) is 7.86. The Morgan fingerprint density at radius 2 is 1.74 bits per heavy atom. The van der Waals surface area contributed by atoms with E-state index in [0.29, 0.717) is 33.4 Å². The standard InChI is InChI=1S/C23H21N5O4S2/c1-15-8-4-6-10-18(15)27-21(29)17-9-5-7-11-19(17)28-22(27)24-25-23(28)33-14-16-12-13-20(32-16)34(30,31)26(2)3/h4-13H,14H2,1-3H3. The molecule has 9 nitrogen and oxygen atoms in total. The molecule has 0 aliphatic rings. The number of thioether (sulfide) groups is 1. The molecule has 0 aliphatic heterocycles. The molecule has 34 heavy (non-hydrogen) atoms. The third kappa shape index (κ3) is 3.61. The van der Waals surface area contributed by atoms with Crippen LogP contribution in [0.4, 0.5) is 0 Å². The van der Waals surface area contributed by atoms with Crippen molar-refractivity contribution in [1.82, 2.24) is 23.5 Å². The first kappa shape index (κ1) is 22.4. The lowest BCUT2D eigenvalue weighted by molar-refractivity contribution is 0.408. The summed E-state index contributed by atoms with van der Waals surface area (Å²) in [5.74, 6) is 1.22. The highest BCUT2D eigenvalue weighted by Gasteiger charge is 2.22. The first-order valence-corrected chi connectivity index (χ1v) is 12.8. The topological polar surface area (TPSA) is 103 Å². The summed E-state index contributed by atoms with van der Waals surface area (Å²) in [5, 5.41) is 9.68. The summed E-state index contributed by atoms with van der Waals surface area (Å²) in [6.45, 7) is 1.94. The molecule has 174 valence electrons. The van der Waals surface area contributed by atoms with Crippen LogP contribution >= 0.6 is 11.8 Å². The molecule has 3 heterocycles. The normalized spacial score (nSPS) is 12.2. The minimum atomic E-state index is -3.65. The minimum Gasteiger partial charge on any atom is -0.447 e. The smallest absolute Gasteiger partial charge is 0.275 e. The second-order valence-corrected chi connectivity index (χ2v) is 10.9. The number of aromatic nitrogens is 4. The maximum absolute atomic E-state index is 13.4. The lowest BCUT2D eigenvalue weighted by atomic mass is 10.2. The van der Waals surface area contributed by atoms with Crippen molar-refractivity contribution in [1.29, 1.82) is 0 Å². The molecule has 2 aromatic carbocycles. The van der Waals surface area contributed by atoms with Gasteiger partial charge in [0.1, 0.15) is 5.76 Å². The number of furan rings is 1. The molecule has 0 amide bonds. The largest absolute Gasteiger partial charge is 0.447 e. The fraction of sp³-hybridized carbons (Fsp3) is 0.174. The van der Waals surface area contributed by atoms with E-state index < -0.39 is 10.0 Å². The molecule has 5 aromatic rings. The van der Waals surface area contributed by atoms with Gasteiger partial charge in [-0.1, -0.05) is 42.1 Å².